The lowest BCUT2D eigenvalue weighted by Crippen LogP contribution is -2.46. The first-order chi connectivity index (χ1) is 8.29. The van der Waals surface area contributed by atoms with Gasteiger partial charge in [0.15, 0.2) is 6.23 Å². The molecule has 1 aromatic carbocycles. The molecular formula is C14H20N2O. The van der Waals surface area contributed by atoms with Crippen molar-refractivity contribution in [1.29, 1.82) is 0 Å². The van der Waals surface area contributed by atoms with Crippen LogP contribution < -0.4 is 10.5 Å². The van der Waals surface area contributed by atoms with Crippen LogP contribution >= 0.6 is 0 Å². The Bertz CT molecular complexity index is 344. The lowest BCUT2D eigenvalue weighted by Gasteiger charge is -2.34. The van der Waals surface area contributed by atoms with Crippen LogP contribution in [0.3, 0.4) is 0 Å². The fourth-order valence-electron chi connectivity index (χ4n) is 2.08. The van der Waals surface area contributed by atoms with Crippen LogP contribution in [-0.4, -0.2) is 30.3 Å². The topological polar surface area (TPSA) is 38.5 Å². The van der Waals surface area contributed by atoms with Gasteiger partial charge in [-0.05, 0) is 31.1 Å². The van der Waals surface area contributed by atoms with Crippen LogP contribution in [0.5, 0.6) is 5.75 Å². The highest BCUT2D eigenvalue weighted by atomic mass is 16.5. The summed E-state index contributed by atoms with van der Waals surface area (Å²) < 4.78 is 5.91. The lowest BCUT2D eigenvalue weighted by molar-refractivity contribution is 0.0436. The Morgan fingerprint density at radius 3 is 2.53 bits per heavy atom. The molecule has 0 saturated carbocycles. The van der Waals surface area contributed by atoms with E-state index in [2.05, 4.69) is 11.5 Å². The fraction of sp³-hybridized carbons (Fsp3) is 0.429. The van der Waals surface area contributed by atoms with E-state index in [9.17, 15) is 0 Å². The van der Waals surface area contributed by atoms with Crippen molar-refractivity contribution >= 4 is 0 Å². The summed E-state index contributed by atoms with van der Waals surface area (Å²) in [6, 6.07) is 10.2. The van der Waals surface area contributed by atoms with Crippen LogP contribution in [-0.2, 0) is 0 Å². The zero-order valence-corrected chi connectivity index (χ0v) is 10.1. The zero-order chi connectivity index (χ0) is 12.1. The van der Waals surface area contributed by atoms with Crippen LogP contribution in [0.15, 0.2) is 43.0 Å². The summed E-state index contributed by atoms with van der Waals surface area (Å²) in [6.07, 6.45) is 3.86. The van der Waals surface area contributed by atoms with E-state index in [1.165, 1.54) is 0 Å². The van der Waals surface area contributed by atoms with Crippen LogP contribution in [0.2, 0.25) is 0 Å². The van der Waals surface area contributed by atoms with Crippen LogP contribution in [0.4, 0.5) is 0 Å². The van der Waals surface area contributed by atoms with Crippen molar-refractivity contribution in [2.24, 2.45) is 5.73 Å². The molecule has 0 amide bonds. The molecular weight excluding hydrogens is 212 g/mol. The zero-order valence-electron chi connectivity index (χ0n) is 10.1. The molecule has 1 unspecified atom stereocenters. The Morgan fingerprint density at radius 1 is 1.29 bits per heavy atom. The summed E-state index contributed by atoms with van der Waals surface area (Å²) in [6.45, 7) is 5.81. The highest BCUT2D eigenvalue weighted by molar-refractivity contribution is 5.21. The first-order valence-corrected chi connectivity index (χ1v) is 6.13. The summed E-state index contributed by atoms with van der Waals surface area (Å²) in [7, 11) is 0. The van der Waals surface area contributed by atoms with E-state index in [1.54, 1.807) is 0 Å². The Balaban J connectivity index is 1.95. The van der Waals surface area contributed by atoms with Crippen molar-refractivity contribution in [1.82, 2.24) is 4.90 Å². The standard InChI is InChI=1S/C14H20N2O/c1-2-14(16-10-8-12(15)9-11-16)17-13-6-4-3-5-7-13/h2-7,12,14H,1,8-11,15H2. The number of rotatable bonds is 4. The molecule has 1 aliphatic heterocycles. The molecule has 2 N–H and O–H groups in total. The van der Waals surface area contributed by atoms with Gasteiger partial charge in [-0.2, -0.15) is 0 Å². The van der Waals surface area contributed by atoms with Crippen molar-refractivity contribution in [2.75, 3.05) is 13.1 Å². The number of likely N-dealkylation sites (tertiary alicyclic amines) is 1. The SMILES string of the molecule is C=CC(Oc1ccccc1)N1CCC(N)CC1. The van der Waals surface area contributed by atoms with E-state index in [4.69, 9.17) is 10.5 Å². The number of hydrogen-bond acceptors (Lipinski definition) is 3. The molecule has 1 aliphatic rings. The number of benzene rings is 1. The molecule has 1 heterocycles. The number of hydrogen-bond donors (Lipinski definition) is 1. The molecule has 3 nitrogen and oxygen atoms in total. The first kappa shape index (κ1) is 12.1. The molecule has 1 fully saturated rings. The van der Waals surface area contributed by atoms with Gasteiger partial charge < -0.3 is 10.5 Å². The Hall–Kier alpha value is -1.32. The van der Waals surface area contributed by atoms with E-state index in [1.807, 2.05) is 36.4 Å². The summed E-state index contributed by atoms with van der Waals surface area (Å²) in [4.78, 5) is 2.28. The van der Waals surface area contributed by atoms with Gasteiger partial charge in [-0.25, -0.2) is 0 Å². The molecule has 0 aromatic heterocycles. The van der Waals surface area contributed by atoms with Gasteiger partial charge in [0.05, 0.1) is 0 Å². The lowest BCUT2D eigenvalue weighted by atomic mass is 10.1. The molecule has 0 radical (unpaired) electrons. The Labute approximate surface area is 103 Å². The van der Waals surface area contributed by atoms with Gasteiger partial charge in [-0.1, -0.05) is 24.8 Å². The molecule has 1 atom stereocenters. The summed E-state index contributed by atoms with van der Waals surface area (Å²) >= 11 is 0. The van der Waals surface area contributed by atoms with Gasteiger partial charge in [0.1, 0.15) is 5.75 Å². The molecule has 0 aliphatic carbocycles. The maximum absolute atomic E-state index is 5.91. The number of piperidine rings is 1. The van der Waals surface area contributed by atoms with Crippen molar-refractivity contribution in [3.8, 4) is 5.75 Å². The number of ether oxygens (including phenoxy) is 1. The molecule has 17 heavy (non-hydrogen) atoms. The fourth-order valence-corrected chi connectivity index (χ4v) is 2.08. The largest absolute Gasteiger partial charge is 0.472 e. The second-order valence-corrected chi connectivity index (χ2v) is 4.43. The number of nitrogens with zero attached hydrogens (tertiary/aromatic N) is 1. The van der Waals surface area contributed by atoms with E-state index in [0.717, 1.165) is 31.7 Å². The highest BCUT2D eigenvalue weighted by Crippen LogP contribution is 2.17. The molecule has 92 valence electrons. The van der Waals surface area contributed by atoms with Crippen molar-refractivity contribution < 1.29 is 4.74 Å². The molecule has 1 aromatic rings. The second kappa shape index (κ2) is 5.84. The van der Waals surface area contributed by atoms with Gasteiger partial charge in [0, 0.05) is 19.1 Å². The summed E-state index contributed by atoms with van der Waals surface area (Å²) in [5, 5.41) is 0. The second-order valence-electron chi connectivity index (χ2n) is 4.43. The van der Waals surface area contributed by atoms with Gasteiger partial charge in [-0.3, -0.25) is 4.90 Å². The molecule has 0 spiro atoms. The third-order valence-corrected chi connectivity index (χ3v) is 3.14. The van der Waals surface area contributed by atoms with E-state index < -0.39 is 0 Å². The molecule has 2 rings (SSSR count). The van der Waals surface area contributed by atoms with Gasteiger partial charge in [-0.15, -0.1) is 0 Å². The monoisotopic (exact) mass is 232 g/mol. The van der Waals surface area contributed by atoms with Gasteiger partial charge in [0.2, 0.25) is 0 Å². The van der Waals surface area contributed by atoms with Crippen molar-refractivity contribution in [2.45, 2.75) is 25.1 Å². The minimum atomic E-state index is -0.0510. The normalized spacial score (nSPS) is 19.8. The summed E-state index contributed by atoms with van der Waals surface area (Å²) in [5.74, 6) is 0.882. The third-order valence-electron chi connectivity index (χ3n) is 3.14. The maximum atomic E-state index is 5.91. The van der Waals surface area contributed by atoms with Crippen LogP contribution in [0.1, 0.15) is 12.8 Å². The molecule has 3 heteroatoms. The highest BCUT2D eigenvalue weighted by Gasteiger charge is 2.22. The first-order valence-electron chi connectivity index (χ1n) is 6.13. The van der Waals surface area contributed by atoms with E-state index >= 15 is 0 Å². The van der Waals surface area contributed by atoms with E-state index in [0.29, 0.717) is 6.04 Å². The third kappa shape index (κ3) is 3.32. The maximum Gasteiger partial charge on any atom is 0.171 e. The van der Waals surface area contributed by atoms with Gasteiger partial charge in [0.25, 0.3) is 0 Å². The van der Waals surface area contributed by atoms with Crippen molar-refractivity contribution in [3.63, 3.8) is 0 Å². The predicted octanol–water partition coefficient (Wildman–Crippen LogP) is 2.00. The van der Waals surface area contributed by atoms with Crippen LogP contribution in [0.25, 0.3) is 0 Å². The molecule has 0 bridgehead atoms. The number of para-hydroxylation sites is 1. The Kier molecular flexibility index (Phi) is 4.18. The minimum absolute atomic E-state index is 0.0510. The average Bonchev–Trinajstić information content (AvgIpc) is 2.38. The Morgan fingerprint density at radius 2 is 1.94 bits per heavy atom. The average molecular weight is 232 g/mol. The van der Waals surface area contributed by atoms with Crippen molar-refractivity contribution in [3.05, 3.63) is 43.0 Å². The van der Waals surface area contributed by atoms with E-state index in [-0.39, 0.29) is 6.23 Å². The number of nitrogens with two attached hydrogens (primary N) is 1. The predicted molar refractivity (Wildman–Crippen MR) is 69.8 cm³/mol. The minimum Gasteiger partial charge on any atom is -0.472 e. The van der Waals surface area contributed by atoms with Crippen LogP contribution in [0, 0.1) is 0 Å². The quantitative estimate of drug-likeness (QED) is 0.807. The van der Waals surface area contributed by atoms with Gasteiger partial charge >= 0.3 is 0 Å². The smallest absolute Gasteiger partial charge is 0.171 e. The summed E-state index contributed by atoms with van der Waals surface area (Å²) in [5.41, 5.74) is 5.90. The molecule has 1 saturated heterocycles.